The van der Waals surface area contributed by atoms with E-state index < -0.39 is 16.1 Å². The molecule has 2 aromatic rings. The normalized spacial score (nSPS) is 20.7. The van der Waals surface area contributed by atoms with E-state index in [1.807, 2.05) is 6.92 Å². The number of anilines is 2. The molecule has 2 heterocycles. The first kappa shape index (κ1) is 21.4. The maximum atomic E-state index is 12.6. The van der Waals surface area contributed by atoms with Crippen molar-refractivity contribution in [1.29, 1.82) is 0 Å². The van der Waals surface area contributed by atoms with Crippen molar-refractivity contribution in [1.82, 2.24) is 14.0 Å². The maximum absolute atomic E-state index is 12.6. The molecule has 1 saturated heterocycles. The Morgan fingerprint density at radius 1 is 1.19 bits per heavy atom. The first-order valence-electron chi connectivity index (χ1n) is 11.3. The molecular weight excluding hydrogens is 432 g/mol. The van der Waals surface area contributed by atoms with Crippen LogP contribution in [0.2, 0.25) is 0 Å². The van der Waals surface area contributed by atoms with Gasteiger partial charge < -0.3 is 14.5 Å². The van der Waals surface area contributed by atoms with Gasteiger partial charge in [-0.1, -0.05) is 13.0 Å². The van der Waals surface area contributed by atoms with E-state index in [1.165, 1.54) is 32.8 Å². The van der Waals surface area contributed by atoms with Gasteiger partial charge in [0.1, 0.15) is 0 Å². The quantitative estimate of drug-likeness (QED) is 0.681. The van der Waals surface area contributed by atoms with E-state index in [-0.39, 0.29) is 31.0 Å². The van der Waals surface area contributed by atoms with Gasteiger partial charge in [0, 0.05) is 18.8 Å². The van der Waals surface area contributed by atoms with Crippen LogP contribution in [0.5, 0.6) is 0 Å². The zero-order valence-electron chi connectivity index (χ0n) is 18.1. The minimum atomic E-state index is -3.99. The summed E-state index contributed by atoms with van der Waals surface area (Å²) in [5.74, 6) is -0.991. The number of oxazole rings is 1. The molecule has 3 aliphatic rings. The summed E-state index contributed by atoms with van der Waals surface area (Å²) in [6.45, 7) is 2.65. The number of carbonyl (C=O) groups is 1. The van der Waals surface area contributed by atoms with E-state index in [4.69, 9.17) is 9.15 Å². The first-order valence-corrected chi connectivity index (χ1v) is 12.7. The van der Waals surface area contributed by atoms with Gasteiger partial charge in [-0.2, -0.15) is 12.7 Å². The van der Waals surface area contributed by atoms with E-state index >= 15 is 0 Å². The van der Waals surface area contributed by atoms with Crippen molar-refractivity contribution < 1.29 is 22.4 Å². The number of aromatic nitrogens is 1. The summed E-state index contributed by atoms with van der Waals surface area (Å²) in [4.78, 5) is 16.8. The third-order valence-electron chi connectivity index (χ3n) is 6.55. The lowest BCUT2D eigenvalue weighted by molar-refractivity contribution is -0.00312. The minimum absolute atomic E-state index is 0.152. The number of nitrogens with one attached hydrogen (secondary N) is 2. The molecule has 0 saturated carbocycles. The molecule has 2 N–H and O–H groups in total. The smallest absolute Gasteiger partial charge is 0.304 e. The Bertz CT molecular complexity index is 1110. The Morgan fingerprint density at radius 2 is 1.91 bits per heavy atom. The molecule has 2 aliphatic carbocycles. The van der Waals surface area contributed by atoms with Gasteiger partial charge in [-0.15, -0.1) is 0 Å². The molecule has 1 aliphatic heterocycles. The predicted molar refractivity (Wildman–Crippen MR) is 118 cm³/mol. The number of benzene rings is 1. The number of fused-ring (bicyclic) bond motifs is 2. The predicted octanol–water partition coefficient (Wildman–Crippen LogP) is 2.48. The van der Waals surface area contributed by atoms with Crippen molar-refractivity contribution in [2.45, 2.75) is 58.0 Å². The van der Waals surface area contributed by atoms with Crippen LogP contribution in [-0.2, 0) is 40.6 Å². The van der Waals surface area contributed by atoms with E-state index in [2.05, 4.69) is 21.1 Å². The van der Waals surface area contributed by atoms with Crippen LogP contribution in [0.1, 0.15) is 59.0 Å². The Kier molecular flexibility index (Phi) is 5.68. The van der Waals surface area contributed by atoms with Crippen molar-refractivity contribution in [3.05, 3.63) is 40.3 Å². The van der Waals surface area contributed by atoms with Crippen LogP contribution >= 0.6 is 0 Å². The molecule has 32 heavy (non-hydrogen) atoms. The highest BCUT2D eigenvalue weighted by atomic mass is 32.2. The van der Waals surface area contributed by atoms with Gasteiger partial charge in [0.15, 0.2) is 0 Å². The number of hydrogen-bond acceptors (Lipinski definition) is 7. The maximum Gasteiger partial charge on any atom is 0.304 e. The number of hydrogen-bond donors (Lipinski definition) is 2. The third-order valence-corrected chi connectivity index (χ3v) is 8.01. The molecule has 1 amide bonds. The number of rotatable bonds is 6. The topological polar surface area (TPSA) is 114 Å². The van der Waals surface area contributed by atoms with E-state index in [0.717, 1.165) is 44.2 Å². The largest absolute Gasteiger partial charge is 0.418 e. The number of morpholine rings is 1. The van der Waals surface area contributed by atoms with Gasteiger partial charge in [0.05, 0.1) is 18.9 Å². The zero-order chi connectivity index (χ0) is 22.3. The standard InChI is InChI=1S/C22H28N4O5S/c1-2-16-13-26(9-10-30-16)32(28,29)25-21(27)19-12-23-22(31-19)24-20-17-7-3-5-14(17)11-15-6-4-8-18(15)20/h11-12,16H,2-10,13H2,1H3,(H,23,24)(H,25,27). The number of carbonyl (C=O) groups excluding carboxylic acids is 1. The van der Waals surface area contributed by atoms with Crippen molar-refractivity contribution >= 4 is 27.8 Å². The Hall–Kier alpha value is -2.43. The lowest BCUT2D eigenvalue weighted by Crippen LogP contribution is -2.51. The lowest BCUT2D eigenvalue weighted by atomic mass is 9.99. The average molecular weight is 461 g/mol. The summed E-state index contributed by atoms with van der Waals surface area (Å²) in [7, 11) is -3.99. The summed E-state index contributed by atoms with van der Waals surface area (Å²) in [6.07, 6.45) is 8.21. The van der Waals surface area contributed by atoms with Crippen molar-refractivity contribution in [3.63, 3.8) is 0 Å². The van der Waals surface area contributed by atoms with Gasteiger partial charge in [0.2, 0.25) is 5.76 Å². The summed E-state index contributed by atoms with van der Waals surface area (Å²) < 4.78 is 39.7. The fourth-order valence-electron chi connectivity index (χ4n) is 4.90. The van der Waals surface area contributed by atoms with Crippen LogP contribution in [0.15, 0.2) is 16.7 Å². The van der Waals surface area contributed by atoms with Crippen LogP contribution in [0.25, 0.3) is 0 Å². The van der Waals surface area contributed by atoms with Crippen molar-refractivity contribution in [2.24, 2.45) is 0 Å². The number of nitrogens with zero attached hydrogens (tertiary/aromatic N) is 2. The first-order chi connectivity index (χ1) is 15.4. The van der Waals surface area contributed by atoms with E-state index in [9.17, 15) is 13.2 Å². The van der Waals surface area contributed by atoms with Crippen LogP contribution in [0.3, 0.4) is 0 Å². The van der Waals surface area contributed by atoms with Crippen molar-refractivity contribution in [3.8, 4) is 0 Å². The Balaban J connectivity index is 1.31. The molecule has 1 aromatic carbocycles. The second kappa shape index (κ2) is 8.49. The summed E-state index contributed by atoms with van der Waals surface area (Å²) in [5, 5.41) is 3.29. The second-order valence-corrected chi connectivity index (χ2v) is 10.3. The van der Waals surface area contributed by atoms with Gasteiger partial charge in [-0.05, 0) is 67.2 Å². The molecule has 1 unspecified atom stereocenters. The SMILES string of the molecule is CCC1CN(S(=O)(=O)NC(=O)c2cnc(Nc3c4c(cc5c3CCC5)CCC4)o2)CCO1. The fraction of sp³-hybridized carbons (Fsp3) is 0.545. The summed E-state index contributed by atoms with van der Waals surface area (Å²) in [5.41, 5.74) is 6.40. The van der Waals surface area contributed by atoms with E-state index in [0.29, 0.717) is 13.0 Å². The van der Waals surface area contributed by atoms with Crippen LogP contribution in [-0.4, -0.2) is 49.4 Å². The zero-order valence-corrected chi connectivity index (χ0v) is 19.0. The average Bonchev–Trinajstić information content (AvgIpc) is 3.54. The molecular formula is C22H28N4O5S. The number of ether oxygens (including phenoxy) is 1. The Morgan fingerprint density at radius 3 is 2.59 bits per heavy atom. The molecule has 9 nitrogen and oxygen atoms in total. The molecule has 0 radical (unpaired) electrons. The van der Waals surface area contributed by atoms with Gasteiger partial charge in [0.25, 0.3) is 6.01 Å². The van der Waals surface area contributed by atoms with Gasteiger partial charge in [-0.25, -0.2) is 9.71 Å². The highest BCUT2D eigenvalue weighted by Gasteiger charge is 2.31. The molecule has 10 heteroatoms. The van der Waals surface area contributed by atoms with Gasteiger partial charge in [-0.3, -0.25) is 4.79 Å². The van der Waals surface area contributed by atoms with Gasteiger partial charge >= 0.3 is 16.1 Å². The number of amides is 1. The molecule has 0 spiro atoms. The summed E-state index contributed by atoms with van der Waals surface area (Å²) >= 11 is 0. The fourth-order valence-corrected chi connectivity index (χ4v) is 6.04. The molecule has 0 bridgehead atoms. The monoisotopic (exact) mass is 460 g/mol. The van der Waals surface area contributed by atoms with Crippen LogP contribution in [0.4, 0.5) is 11.7 Å². The molecule has 172 valence electrons. The van der Waals surface area contributed by atoms with Crippen LogP contribution in [0, 0.1) is 0 Å². The van der Waals surface area contributed by atoms with Crippen LogP contribution < -0.4 is 10.0 Å². The summed E-state index contributed by atoms with van der Waals surface area (Å²) in [6, 6.07) is 2.53. The van der Waals surface area contributed by atoms with Crippen molar-refractivity contribution in [2.75, 3.05) is 25.0 Å². The minimum Gasteiger partial charge on any atom is -0.418 e. The highest BCUT2D eigenvalue weighted by Crippen LogP contribution is 2.39. The second-order valence-electron chi connectivity index (χ2n) is 8.58. The molecule has 1 aromatic heterocycles. The highest BCUT2D eigenvalue weighted by molar-refractivity contribution is 7.87. The number of aryl methyl sites for hydroxylation is 2. The molecule has 5 rings (SSSR count). The molecule has 1 atom stereocenters. The Labute approximate surface area is 187 Å². The van der Waals surface area contributed by atoms with E-state index in [1.54, 1.807) is 0 Å². The molecule has 1 fully saturated rings. The lowest BCUT2D eigenvalue weighted by Gasteiger charge is -2.31. The third kappa shape index (κ3) is 4.02.